The van der Waals surface area contributed by atoms with Crippen LogP contribution in [0.5, 0.6) is 0 Å². The lowest BCUT2D eigenvalue weighted by Gasteiger charge is -2.11. The average Bonchev–Trinajstić information content (AvgIpc) is 3.23. The first kappa shape index (κ1) is 19.6. The average molecular weight is 382 g/mol. The lowest BCUT2D eigenvalue weighted by molar-refractivity contribution is -0.136. The maximum atomic E-state index is 12.5. The Hall–Kier alpha value is -3.19. The van der Waals surface area contributed by atoms with Crippen molar-refractivity contribution in [2.45, 2.75) is 18.8 Å². The van der Waals surface area contributed by atoms with Gasteiger partial charge in [-0.15, -0.1) is 0 Å². The van der Waals surface area contributed by atoms with Gasteiger partial charge in [-0.1, -0.05) is 12.1 Å². The highest BCUT2D eigenvalue weighted by molar-refractivity contribution is 6.04. The van der Waals surface area contributed by atoms with E-state index >= 15 is 0 Å². The molecule has 7 nitrogen and oxygen atoms in total. The zero-order chi connectivity index (χ0) is 19.9. The minimum Gasteiger partial charge on any atom is -0.481 e. The molecule has 7 heteroatoms. The van der Waals surface area contributed by atoms with Crippen molar-refractivity contribution < 1.29 is 24.2 Å². The van der Waals surface area contributed by atoms with Crippen LogP contribution in [0, 0.1) is 0 Å². The molecule has 3 N–H and O–H groups in total. The molecule has 3 rings (SSSR count). The highest BCUT2D eigenvalue weighted by Gasteiger charge is 2.19. The quantitative estimate of drug-likeness (QED) is 0.683. The number of rotatable bonds is 7. The lowest BCUT2D eigenvalue weighted by Crippen LogP contribution is -2.25. The molecule has 1 unspecified atom stereocenters. The van der Waals surface area contributed by atoms with Crippen LogP contribution in [0.4, 0.5) is 5.69 Å². The van der Waals surface area contributed by atoms with E-state index in [0.29, 0.717) is 29.3 Å². The Morgan fingerprint density at radius 2 is 1.82 bits per heavy atom. The van der Waals surface area contributed by atoms with Crippen molar-refractivity contribution in [1.29, 1.82) is 0 Å². The third-order valence-corrected chi connectivity index (χ3v) is 4.58. The Morgan fingerprint density at radius 1 is 1.04 bits per heavy atom. The molecule has 0 bridgehead atoms. The number of carbonyl (C=O) groups is 3. The number of ether oxygens (including phenoxy) is 1. The van der Waals surface area contributed by atoms with Gasteiger partial charge in [-0.25, -0.2) is 0 Å². The van der Waals surface area contributed by atoms with Gasteiger partial charge >= 0.3 is 5.97 Å². The summed E-state index contributed by atoms with van der Waals surface area (Å²) in [7, 11) is 0. The molecule has 0 saturated carbocycles. The van der Waals surface area contributed by atoms with Crippen LogP contribution >= 0.6 is 0 Å². The van der Waals surface area contributed by atoms with Gasteiger partial charge in [-0.2, -0.15) is 0 Å². The Balaban J connectivity index is 1.59. The normalized spacial score (nSPS) is 15.8. The van der Waals surface area contributed by atoms with Crippen molar-refractivity contribution in [2.24, 2.45) is 0 Å². The lowest BCUT2D eigenvalue weighted by atomic mass is 9.96. The van der Waals surface area contributed by atoms with Gasteiger partial charge in [-0.3, -0.25) is 14.4 Å². The fourth-order valence-corrected chi connectivity index (χ4v) is 3.02. The van der Waals surface area contributed by atoms with E-state index in [1.54, 1.807) is 30.3 Å². The molecule has 1 aliphatic rings. The standard InChI is InChI=1S/C21H22N2O5/c24-19(25)8-10-22-20(26)14-4-6-18(7-5-14)23-21(27)16-3-1-2-15(12-16)17-9-11-28-13-17/h1-7,12,17H,8-11,13H2,(H,22,26)(H,23,27)(H,24,25). The van der Waals surface area contributed by atoms with Crippen LogP contribution in [0.2, 0.25) is 0 Å². The molecular formula is C21H22N2O5. The largest absolute Gasteiger partial charge is 0.481 e. The van der Waals surface area contributed by atoms with Crippen LogP contribution in [0.15, 0.2) is 48.5 Å². The summed E-state index contributed by atoms with van der Waals surface area (Å²) in [5, 5.41) is 13.9. The molecule has 2 aromatic rings. The van der Waals surface area contributed by atoms with Crippen molar-refractivity contribution in [2.75, 3.05) is 25.1 Å². The van der Waals surface area contributed by atoms with Gasteiger partial charge in [0, 0.05) is 35.9 Å². The summed E-state index contributed by atoms with van der Waals surface area (Å²) in [6, 6.07) is 14.0. The summed E-state index contributed by atoms with van der Waals surface area (Å²) in [5.41, 5.74) is 2.63. The second-order valence-electron chi connectivity index (χ2n) is 6.62. The number of amides is 2. The van der Waals surface area contributed by atoms with Gasteiger partial charge in [-0.05, 0) is 48.4 Å². The van der Waals surface area contributed by atoms with Crippen LogP contribution in [-0.2, 0) is 9.53 Å². The molecule has 0 aliphatic carbocycles. The first-order chi connectivity index (χ1) is 13.5. The molecule has 1 heterocycles. The zero-order valence-corrected chi connectivity index (χ0v) is 15.3. The van der Waals surface area contributed by atoms with Crippen LogP contribution in [-0.4, -0.2) is 42.6 Å². The molecule has 28 heavy (non-hydrogen) atoms. The minimum atomic E-state index is -0.970. The third kappa shape index (κ3) is 5.17. The van der Waals surface area contributed by atoms with Gasteiger partial charge in [0.15, 0.2) is 0 Å². The molecule has 0 spiro atoms. The molecule has 146 valence electrons. The molecule has 2 aromatic carbocycles. The topological polar surface area (TPSA) is 105 Å². The van der Waals surface area contributed by atoms with E-state index in [1.807, 2.05) is 18.2 Å². The van der Waals surface area contributed by atoms with Gasteiger partial charge < -0.3 is 20.5 Å². The van der Waals surface area contributed by atoms with Gasteiger partial charge in [0.25, 0.3) is 11.8 Å². The monoisotopic (exact) mass is 382 g/mol. The Labute approximate surface area is 162 Å². The number of nitrogens with one attached hydrogen (secondary N) is 2. The molecule has 1 atom stereocenters. The van der Waals surface area contributed by atoms with Crippen molar-refractivity contribution in [3.05, 3.63) is 65.2 Å². The first-order valence-corrected chi connectivity index (χ1v) is 9.12. The molecule has 0 radical (unpaired) electrons. The second kappa shape index (κ2) is 9.14. The van der Waals surface area contributed by atoms with E-state index in [1.165, 1.54) is 0 Å². The fourth-order valence-electron chi connectivity index (χ4n) is 3.02. The summed E-state index contributed by atoms with van der Waals surface area (Å²) in [5.74, 6) is -1.22. The molecule has 1 fully saturated rings. The molecule has 1 saturated heterocycles. The minimum absolute atomic E-state index is 0.0645. The highest BCUT2D eigenvalue weighted by atomic mass is 16.5. The predicted molar refractivity (Wildman–Crippen MR) is 104 cm³/mol. The number of carbonyl (C=O) groups excluding carboxylic acids is 2. The molecule has 0 aromatic heterocycles. The van der Waals surface area contributed by atoms with E-state index < -0.39 is 5.97 Å². The van der Waals surface area contributed by atoms with E-state index in [2.05, 4.69) is 10.6 Å². The summed E-state index contributed by atoms with van der Waals surface area (Å²) in [4.78, 5) is 35.0. The van der Waals surface area contributed by atoms with Crippen molar-refractivity contribution in [1.82, 2.24) is 5.32 Å². The van der Waals surface area contributed by atoms with E-state index in [9.17, 15) is 14.4 Å². The predicted octanol–water partition coefficient (Wildman–Crippen LogP) is 2.65. The van der Waals surface area contributed by atoms with E-state index in [4.69, 9.17) is 9.84 Å². The Morgan fingerprint density at radius 3 is 2.50 bits per heavy atom. The maximum absolute atomic E-state index is 12.5. The van der Waals surface area contributed by atoms with Crippen molar-refractivity contribution >= 4 is 23.5 Å². The van der Waals surface area contributed by atoms with E-state index in [0.717, 1.165) is 18.6 Å². The molecular weight excluding hydrogens is 360 g/mol. The van der Waals surface area contributed by atoms with Gasteiger partial charge in [0.1, 0.15) is 0 Å². The summed E-state index contributed by atoms with van der Waals surface area (Å²) in [6.07, 6.45) is 0.826. The van der Waals surface area contributed by atoms with Crippen molar-refractivity contribution in [3.8, 4) is 0 Å². The summed E-state index contributed by atoms with van der Waals surface area (Å²) < 4.78 is 5.41. The number of hydrogen-bond donors (Lipinski definition) is 3. The van der Waals surface area contributed by atoms with Gasteiger partial charge in [0.05, 0.1) is 13.0 Å². The molecule has 2 amide bonds. The fraction of sp³-hybridized carbons (Fsp3) is 0.286. The third-order valence-electron chi connectivity index (χ3n) is 4.58. The number of carboxylic acids is 1. The number of aliphatic carboxylic acids is 1. The number of carboxylic acid groups (broad SMARTS) is 1. The van der Waals surface area contributed by atoms with Crippen LogP contribution in [0.25, 0.3) is 0 Å². The summed E-state index contributed by atoms with van der Waals surface area (Å²) >= 11 is 0. The van der Waals surface area contributed by atoms with Gasteiger partial charge in [0.2, 0.25) is 0 Å². The zero-order valence-electron chi connectivity index (χ0n) is 15.3. The maximum Gasteiger partial charge on any atom is 0.305 e. The number of hydrogen-bond acceptors (Lipinski definition) is 4. The number of benzene rings is 2. The van der Waals surface area contributed by atoms with E-state index in [-0.39, 0.29) is 24.8 Å². The van der Waals surface area contributed by atoms with Crippen molar-refractivity contribution in [3.63, 3.8) is 0 Å². The first-order valence-electron chi connectivity index (χ1n) is 9.12. The SMILES string of the molecule is O=C(O)CCNC(=O)c1ccc(NC(=O)c2cccc(C3CCOC3)c2)cc1. The van der Waals surface area contributed by atoms with Crippen LogP contribution in [0.3, 0.4) is 0 Å². The van der Waals surface area contributed by atoms with Crippen LogP contribution in [0.1, 0.15) is 45.0 Å². The summed E-state index contributed by atoms with van der Waals surface area (Å²) in [6.45, 7) is 1.49. The Bertz CT molecular complexity index is 857. The Kier molecular flexibility index (Phi) is 6.39. The van der Waals surface area contributed by atoms with Crippen LogP contribution < -0.4 is 10.6 Å². The second-order valence-corrected chi connectivity index (χ2v) is 6.62. The number of anilines is 1. The smallest absolute Gasteiger partial charge is 0.305 e. The highest BCUT2D eigenvalue weighted by Crippen LogP contribution is 2.26. The molecule has 1 aliphatic heterocycles.